The summed E-state index contributed by atoms with van der Waals surface area (Å²) in [6, 6.07) is 8.56. The number of nitrogens with zero attached hydrogens (tertiary/aromatic N) is 1. The molecule has 98 valence electrons. The smallest absolute Gasteiger partial charge is 0.306 e. The highest BCUT2D eigenvalue weighted by atomic mass is 16.4. The molecule has 0 amide bonds. The van der Waals surface area contributed by atoms with Crippen LogP contribution in [0.2, 0.25) is 0 Å². The van der Waals surface area contributed by atoms with Crippen LogP contribution in [-0.4, -0.2) is 36.1 Å². The Kier molecular flexibility index (Phi) is 4.02. The number of carbonyl (C=O) groups is 1. The first-order valence-electron chi connectivity index (χ1n) is 6.53. The second-order valence-corrected chi connectivity index (χ2v) is 5.44. The van der Waals surface area contributed by atoms with Crippen LogP contribution in [0.15, 0.2) is 24.3 Å². The second kappa shape index (κ2) is 5.53. The summed E-state index contributed by atoms with van der Waals surface area (Å²) in [6.45, 7) is 4.00. The highest BCUT2D eigenvalue weighted by Crippen LogP contribution is 2.38. The standard InChI is InChI=1S/C15H21NO2/c1-11-4-3-5-12(8-11)6-7-16(2)10-13-9-14(13)15(17)18/h3-5,8,13-14H,6-7,9-10H2,1-2H3,(H,17,18). The predicted molar refractivity (Wildman–Crippen MR) is 71.6 cm³/mol. The summed E-state index contributed by atoms with van der Waals surface area (Å²) in [5, 5.41) is 8.86. The molecular weight excluding hydrogens is 226 g/mol. The zero-order valence-corrected chi connectivity index (χ0v) is 11.1. The molecule has 1 aliphatic carbocycles. The van der Waals surface area contributed by atoms with Crippen LogP contribution in [0.4, 0.5) is 0 Å². The Labute approximate surface area is 108 Å². The van der Waals surface area contributed by atoms with Gasteiger partial charge in [0.25, 0.3) is 0 Å². The summed E-state index contributed by atoms with van der Waals surface area (Å²) in [5.41, 5.74) is 2.65. The highest BCUT2D eigenvalue weighted by molar-refractivity contribution is 5.73. The van der Waals surface area contributed by atoms with E-state index in [9.17, 15) is 4.79 Å². The van der Waals surface area contributed by atoms with Crippen molar-refractivity contribution in [2.24, 2.45) is 11.8 Å². The molecule has 2 atom stereocenters. The zero-order valence-electron chi connectivity index (χ0n) is 11.1. The van der Waals surface area contributed by atoms with E-state index < -0.39 is 5.97 Å². The van der Waals surface area contributed by atoms with Crippen molar-refractivity contribution in [3.63, 3.8) is 0 Å². The first-order valence-corrected chi connectivity index (χ1v) is 6.53. The van der Waals surface area contributed by atoms with E-state index in [0.717, 1.165) is 25.9 Å². The van der Waals surface area contributed by atoms with Gasteiger partial charge in [-0.2, -0.15) is 0 Å². The first-order chi connectivity index (χ1) is 8.56. The van der Waals surface area contributed by atoms with E-state index in [1.54, 1.807) is 0 Å². The van der Waals surface area contributed by atoms with Gasteiger partial charge in [-0.05, 0) is 38.3 Å². The Morgan fingerprint density at radius 1 is 1.50 bits per heavy atom. The molecule has 0 radical (unpaired) electrons. The van der Waals surface area contributed by atoms with Crippen molar-refractivity contribution in [2.45, 2.75) is 19.8 Å². The van der Waals surface area contributed by atoms with Crippen molar-refractivity contribution in [3.05, 3.63) is 35.4 Å². The summed E-state index contributed by atoms with van der Waals surface area (Å²) in [7, 11) is 2.08. The van der Waals surface area contributed by atoms with Gasteiger partial charge in [0, 0.05) is 13.1 Å². The molecule has 1 fully saturated rings. The SMILES string of the molecule is Cc1cccc(CCN(C)CC2CC2C(=O)O)c1. The van der Waals surface area contributed by atoms with Crippen LogP contribution in [0, 0.1) is 18.8 Å². The van der Waals surface area contributed by atoms with Crippen molar-refractivity contribution in [3.8, 4) is 0 Å². The lowest BCUT2D eigenvalue weighted by atomic mass is 10.1. The number of hydrogen-bond acceptors (Lipinski definition) is 2. The highest BCUT2D eigenvalue weighted by Gasteiger charge is 2.43. The van der Waals surface area contributed by atoms with Crippen LogP contribution < -0.4 is 0 Å². The average molecular weight is 247 g/mol. The molecule has 0 aromatic heterocycles. The van der Waals surface area contributed by atoms with Gasteiger partial charge in [-0.25, -0.2) is 0 Å². The summed E-state index contributed by atoms with van der Waals surface area (Å²) in [5.74, 6) is -0.358. The van der Waals surface area contributed by atoms with Gasteiger partial charge < -0.3 is 10.0 Å². The van der Waals surface area contributed by atoms with Gasteiger partial charge in [0.05, 0.1) is 5.92 Å². The Bertz CT molecular complexity index is 430. The Morgan fingerprint density at radius 3 is 2.89 bits per heavy atom. The molecular formula is C15H21NO2. The quantitative estimate of drug-likeness (QED) is 0.837. The monoisotopic (exact) mass is 247 g/mol. The second-order valence-electron chi connectivity index (χ2n) is 5.44. The number of aliphatic carboxylic acids is 1. The number of benzene rings is 1. The van der Waals surface area contributed by atoms with Gasteiger partial charge in [-0.15, -0.1) is 0 Å². The average Bonchev–Trinajstić information content (AvgIpc) is 3.06. The molecule has 1 aliphatic rings. The minimum absolute atomic E-state index is 0.0913. The lowest BCUT2D eigenvalue weighted by Crippen LogP contribution is -2.24. The molecule has 2 rings (SSSR count). The van der Waals surface area contributed by atoms with Crippen LogP contribution in [0.3, 0.4) is 0 Å². The van der Waals surface area contributed by atoms with Crippen LogP contribution in [0.5, 0.6) is 0 Å². The van der Waals surface area contributed by atoms with Gasteiger partial charge in [-0.1, -0.05) is 29.8 Å². The fourth-order valence-electron chi connectivity index (χ4n) is 2.43. The molecule has 1 aromatic rings. The van der Waals surface area contributed by atoms with Crippen molar-refractivity contribution in [1.82, 2.24) is 4.90 Å². The van der Waals surface area contributed by atoms with Gasteiger partial charge in [-0.3, -0.25) is 4.79 Å². The van der Waals surface area contributed by atoms with Crippen LogP contribution in [0.1, 0.15) is 17.5 Å². The van der Waals surface area contributed by atoms with Crippen LogP contribution >= 0.6 is 0 Å². The van der Waals surface area contributed by atoms with Gasteiger partial charge in [0.1, 0.15) is 0 Å². The Morgan fingerprint density at radius 2 is 2.28 bits per heavy atom. The minimum atomic E-state index is -0.632. The van der Waals surface area contributed by atoms with Crippen LogP contribution in [0.25, 0.3) is 0 Å². The number of likely N-dealkylation sites (N-methyl/N-ethyl adjacent to an activating group) is 1. The topological polar surface area (TPSA) is 40.5 Å². The summed E-state index contributed by atoms with van der Waals surface area (Å²) in [4.78, 5) is 13.0. The third-order valence-corrected chi connectivity index (χ3v) is 3.65. The molecule has 2 unspecified atom stereocenters. The molecule has 0 spiro atoms. The zero-order chi connectivity index (χ0) is 13.1. The Balaban J connectivity index is 1.72. The van der Waals surface area contributed by atoms with Gasteiger partial charge in [0.15, 0.2) is 0 Å². The fourth-order valence-corrected chi connectivity index (χ4v) is 2.43. The molecule has 1 saturated carbocycles. The number of rotatable bonds is 6. The van der Waals surface area contributed by atoms with E-state index in [1.165, 1.54) is 11.1 Å². The molecule has 3 heteroatoms. The fraction of sp³-hybridized carbons (Fsp3) is 0.533. The van der Waals surface area contributed by atoms with Gasteiger partial charge >= 0.3 is 5.97 Å². The maximum absolute atomic E-state index is 10.8. The van der Waals surface area contributed by atoms with E-state index in [-0.39, 0.29) is 5.92 Å². The summed E-state index contributed by atoms with van der Waals surface area (Å²) < 4.78 is 0. The molecule has 0 heterocycles. The first kappa shape index (κ1) is 13.1. The number of aryl methyl sites for hydroxylation is 1. The minimum Gasteiger partial charge on any atom is -0.481 e. The van der Waals surface area contributed by atoms with Crippen molar-refractivity contribution >= 4 is 5.97 Å². The van der Waals surface area contributed by atoms with E-state index in [0.29, 0.717) is 5.92 Å². The number of carboxylic acids is 1. The number of hydrogen-bond donors (Lipinski definition) is 1. The normalized spacial score (nSPS) is 22.2. The molecule has 1 N–H and O–H groups in total. The van der Waals surface area contributed by atoms with Crippen molar-refractivity contribution in [1.29, 1.82) is 0 Å². The lowest BCUT2D eigenvalue weighted by Gasteiger charge is -2.16. The third kappa shape index (κ3) is 3.57. The van der Waals surface area contributed by atoms with E-state index >= 15 is 0 Å². The predicted octanol–water partition coefficient (Wildman–Crippen LogP) is 2.19. The third-order valence-electron chi connectivity index (χ3n) is 3.65. The molecule has 18 heavy (non-hydrogen) atoms. The molecule has 0 bridgehead atoms. The molecule has 3 nitrogen and oxygen atoms in total. The Hall–Kier alpha value is -1.35. The van der Waals surface area contributed by atoms with Gasteiger partial charge in [0.2, 0.25) is 0 Å². The summed E-state index contributed by atoms with van der Waals surface area (Å²) >= 11 is 0. The maximum atomic E-state index is 10.8. The van der Waals surface area contributed by atoms with E-state index in [4.69, 9.17) is 5.11 Å². The summed E-state index contributed by atoms with van der Waals surface area (Å²) in [6.07, 6.45) is 1.88. The van der Waals surface area contributed by atoms with Crippen LogP contribution in [-0.2, 0) is 11.2 Å². The number of carboxylic acid groups (broad SMARTS) is 1. The molecule has 0 saturated heterocycles. The van der Waals surface area contributed by atoms with Crippen molar-refractivity contribution in [2.75, 3.05) is 20.1 Å². The maximum Gasteiger partial charge on any atom is 0.306 e. The molecule has 0 aliphatic heterocycles. The molecule has 1 aromatic carbocycles. The van der Waals surface area contributed by atoms with E-state index in [2.05, 4.69) is 43.1 Å². The van der Waals surface area contributed by atoms with Crippen molar-refractivity contribution < 1.29 is 9.90 Å². The largest absolute Gasteiger partial charge is 0.481 e. The van der Waals surface area contributed by atoms with E-state index in [1.807, 2.05) is 0 Å². The lowest BCUT2D eigenvalue weighted by molar-refractivity contribution is -0.138.